The Labute approximate surface area is 129 Å². The molecule has 0 aliphatic rings. The third-order valence-electron chi connectivity index (χ3n) is 4.47. The lowest BCUT2D eigenvalue weighted by molar-refractivity contribution is 0.457. The Hall–Kier alpha value is -1.54. The van der Waals surface area contributed by atoms with Crippen LogP contribution in [0.5, 0.6) is 0 Å². The third-order valence-corrected chi connectivity index (χ3v) is 8.81. The van der Waals surface area contributed by atoms with Crippen LogP contribution in [0.15, 0.2) is 48.5 Å². The van der Waals surface area contributed by atoms with E-state index in [1.54, 1.807) is 0 Å². The van der Waals surface area contributed by atoms with Crippen LogP contribution in [-0.2, 0) is 4.43 Å². The molecule has 0 bridgehead atoms. The van der Waals surface area contributed by atoms with Crippen LogP contribution in [-0.4, -0.2) is 8.32 Å². The van der Waals surface area contributed by atoms with Gasteiger partial charge in [0.25, 0.3) is 0 Å². The summed E-state index contributed by atoms with van der Waals surface area (Å²) in [4.78, 5) is 0. The lowest BCUT2D eigenvalue weighted by Gasteiger charge is -2.37. The highest BCUT2D eigenvalue weighted by molar-refractivity contribution is 6.74. The third kappa shape index (κ3) is 3.38. The molecule has 0 unspecified atom stereocenters. The van der Waals surface area contributed by atoms with Gasteiger partial charge in [-0.3, -0.25) is 0 Å². The van der Waals surface area contributed by atoms with Crippen molar-refractivity contribution < 1.29 is 4.43 Å². The topological polar surface area (TPSA) is 9.23 Å². The number of benzene rings is 2. The zero-order chi connectivity index (χ0) is 15.7. The molecule has 0 saturated heterocycles. The highest BCUT2D eigenvalue weighted by Gasteiger charge is 2.39. The van der Waals surface area contributed by atoms with Crippen LogP contribution >= 0.6 is 0 Å². The first kappa shape index (κ1) is 15.8. The first-order valence-corrected chi connectivity index (χ1v) is 10.5. The molecule has 2 aromatic rings. The van der Waals surface area contributed by atoms with E-state index in [0.29, 0.717) is 0 Å². The normalized spacial score (nSPS) is 13.5. The lowest BCUT2D eigenvalue weighted by atomic mass is 10.1. The summed E-state index contributed by atoms with van der Waals surface area (Å²) in [7, 11) is -1.81. The Kier molecular flexibility index (Phi) is 4.29. The minimum atomic E-state index is -1.81. The van der Waals surface area contributed by atoms with Gasteiger partial charge in [0, 0.05) is 5.56 Å². The highest BCUT2D eigenvalue weighted by atomic mass is 28.4. The van der Waals surface area contributed by atoms with Gasteiger partial charge in [0.15, 0.2) is 0 Å². The maximum Gasteiger partial charge on any atom is 0.250 e. The minimum absolute atomic E-state index is 0.206. The fraction of sp³-hybridized carbons (Fsp3) is 0.368. The predicted octanol–water partition coefficient (Wildman–Crippen LogP) is 6.22. The molecule has 2 aromatic carbocycles. The molecule has 0 atom stereocenters. The molecule has 2 rings (SSSR count). The molecule has 0 aromatic heterocycles. The number of rotatable bonds is 3. The molecule has 0 radical (unpaired) electrons. The van der Waals surface area contributed by atoms with Crippen LogP contribution in [0.2, 0.25) is 18.1 Å². The average molecular weight is 299 g/mol. The van der Waals surface area contributed by atoms with E-state index in [2.05, 4.69) is 89.3 Å². The number of fused-ring (bicyclic) bond motifs is 1. The smallest absolute Gasteiger partial charge is 0.250 e. The molecular formula is C19H26OSi. The first-order chi connectivity index (χ1) is 9.74. The summed E-state index contributed by atoms with van der Waals surface area (Å²) in [6, 6.07) is 15.0. The Morgan fingerprint density at radius 2 is 1.62 bits per heavy atom. The zero-order valence-corrected chi connectivity index (χ0v) is 15.0. The van der Waals surface area contributed by atoms with E-state index in [0.717, 1.165) is 5.76 Å². The van der Waals surface area contributed by atoms with Gasteiger partial charge in [-0.05, 0) is 48.0 Å². The summed E-state index contributed by atoms with van der Waals surface area (Å²) in [6.07, 6.45) is 2.09. The van der Waals surface area contributed by atoms with Crippen molar-refractivity contribution in [2.24, 2.45) is 0 Å². The van der Waals surface area contributed by atoms with E-state index in [1.807, 2.05) is 0 Å². The van der Waals surface area contributed by atoms with E-state index in [9.17, 15) is 0 Å². The van der Waals surface area contributed by atoms with Crippen molar-refractivity contribution in [1.29, 1.82) is 0 Å². The van der Waals surface area contributed by atoms with Crippen molar-refractivity contribution in [3.63, 3.8) is 0 Å². The fourth-order valence-electron chi connectivity index (χ4n) is 2.06. The van der Waals surface area contributed by atoms with Crippen LogP contribution in [0, 0.1) is 0 Å². The van der Waals surface area contributed by atoms with Crippen LogP contribution in [0.3, 0.4) is 0 Å². The second-order valence-corrected chi connectivity index (χ2v) is 11.8. The Morgan fingerprint density at radius 3 is 2.19 bits per heavy atom. The number of hydrogen-bond acceptors (Lipinski definition) is 1. The first-order valence-electron chi connectivity index (χ1n) is 7.59. The molecule has 112 valence electrons. The predicted molar refractivity (Wildman–Crippen MR) is 95.9 cm³/mol. The molecule has 0 amide bonds. The molecule has 0 aliphatic carbocycles. The highest BCUT2D eigenvalue weighted by Crippen LogP contribution is 2.39. The van der Waals surface area contributed by atoms with Crippen molar-refractivity contribution in [1.82, 2.24) is 0 Å². The van der Waals surface area contributed by atoms with E-state index < -0.39 is 8.32 Å². The van der Waals surface area contributed by atoms with E-state index in [-0.39, 0.29) is 5.04 Å². The van der Waals surface area contributed by atoms with Crippen molar-refractivity contribution >= 4 is 24.8 Å². The molecule has 0 N–H and O–H groups in total. The van der Waals surface area contributed by atoms with Gasteiger partial charge in [-0.15, -0.1) is 0 Å². The molecule has 0 saturated carbocycles. The quantitative estimate of drug-likeness (QED) is 0.482. The Morgan fingerprint density at radius 1 is 1.00 bits per heavy atom. The summed E-state index contributed by atoms with van der Waals surface area (Å²) in [6.45, 7) is 13.4. The van der Waals surface area contributed by atoms with E-state index >= 15 is 0 Å². The summed E-state index contributed by atoms with van der Waals surface area (Å²) in [5.74, 6) is 1.01. The molecular weight excluding hydrogens is 272 g/mol. The van der Waals surface area contributed by atoms with Gasteiger partial charge in [-0.1, -0.05) is 57.2 Å². The number of allylic oxidation sites excluding steroid dienone is 1. The minimum Gasteiger partial charge on any atom is -0.543 e. The molecule has 0 aliphatic heterocycles. The standard InChI is InChI=1S/C19H26OSi/c1-7-18(20-21(5,6)19(2,3)4)17-13-12-15-10-8-9-11-16(15)14-17/h7-14H,1-6H3. The van der Waals surface area contributed by atoms with Gasteiger partial charge < -0.3 is 4.43 Å². The molecule has 0 spiro atoms. The van der Waals surface area contributed by atoms with E-state index in [1.165, 1.54) is 16.3 Å². The largest absolute Gasteiger partial charge is 0.543 e. The fourth-order valence-corrected chi connectivity index (χ4v) is 3.15. The van der Waals surface area contributed by atoms with Crippen molar-refractivity contribution in [3.8, 4) is 0 Å². The van der Waals surface area contributed by atoms with Gasteiger partial charge in [0.2, 0.25) is 8.32 Å². The zero-order valence-electron chi connectivity index (χ0n) is 14.0. The monoisotopic (exact) mass is 298 g/mol. The summed E-state index contributed by atoms with van der Waals surface area (Å²) in [5.41, 5.74) is 1.17. The van der Waals surface area contributed by atoms with Crippen LogP contribution in [0.4, 0.5) is 0 Å². The van der Waals surface area contributed by atoms with Crippen molar-refractivity contribution in [2.75, 3.05) is 0 Å². The van der Waals surface area contributed by atoms with Gasteiger partial charge >= 0.3 is 0 Å². The van der Waals surface area contributed by atoms with Gasteiger partial charge in [0.05, 0.1) is 0 Å². The summed E-state index contributed by atoms with van der Waals surface area (Å²) < 4.78 is 6.49. The van der Waals surface area contributed by atoms with E-state index in [4.69, 9.17) is 4.43 Å². The Balaban J connectivity index is 2.37. The van der Waals surface area contributed by atoms with Gasteiger partial charge in [0.1, 0.15) is 5.76 Å². The summed E-state index contributed by atoms with van der Waals surface area (Å²) in [5, 5.41) is 2.73. The van der Waals surface area contributed by atoms with Gasteiger partial charge in [-0.25, -0.2) is 0 Å². The molecule has 1 nitrogen and oxygen atoms in total. The van der Waals surface area contributed by atoms with Crippen LogP contribution < -0.4 is 0 Å². The second-order valence-electron chi connectivity index (χ2n) is 7.08. The molecule has 21 heavy (non-hydrogen) atoms. The second kappa shape index (κ2) is 5.68. The van der Waals surface area contributed by atoms with Crippen LogP contribution in [0.25, 0.3) is 16.5 Å². The Bertz CT molecular complexity index is 663. The lowest BCUT2D eigenvalue weighted by Crippen LogP contribution is -2.40. The van der Waals surface area contributed by atoms with Gasteiger partial charge in [-0.2, -0.15) is 0 Å². The maximum absolute atomic E-state index is 6.49. The maximum atomic E-state index is 6.49. The average Bonchev–Trinajstić information content (AvgIpc) is 2.43. The molecule has 2 heteroatoms. The summed E-state index contributed by atoms with van der Waals surface area (Å²) >= 11 is 0. The molecule has 0 heterocycles. The van der Waals surface area contributed by atoms with Crippen molar-refractivity contribution in [2.45, 2.75) is 45.8 Å². The molecule has 0 fully saturated rings. The van der Waals surface area contributed by atoms with Crippen molar-refractivity contribution in [3.05, 3.63) is 54.1 Å². The number of hydrogen-bond donors (Lipinski definition) is 0. The SMILES string of the molecule is CC=C(O[Si](C)(C)C(C)(C)C)c1ccc2ccccc2c1. The van der Waals surface area contributed by atoms with Crippen LogP contribution in [0.1, 0.15) is 33.3 Å².